The van der Waals surface area contributed by atoms with E-state index in [1.54, 1.807) is 0 Å². The molecular formula is C22H22BrN. The van der Waals surface area contributed by atoms with Gasteiger partial charge in [0.15, 0.2) is 0 Å². The van der Waals surface area contributed by atoms with Gasteiger partial charge in [-0.3, -0.25) is 0 Å². The Kier molecular flexibility index (Phi) is 5.37. The molecule has 0 aliphatic heterocycles. The largest absolute Gasteiger partial charge is 0.363 e. The van der Waals surface area contributed by atoms with Gasteiger partial charge in [-0.1, -0.05) is 76.6 Å². The first kappa shape index (κ1) is 16.8. The molecule has 0 atom stereocenters. The minimum Gasteiger partial charge on any atom is -0.363 e. The van der Waals surface area contributed by atoms with E-state index in [2.05, 4.69) is 107 Å². The van der Waals surface area contributed by atoms with E-state index >= 15 is 0 Å². The monoisotopic (exact) mass is 379 g/mol. The van der Waals surface area contributed by atoms with Crippen molar-refractivity contribution in [3.63, 3.8) is 0 Å². The van der Waals surface area contributed by atoms with Crippen molar-refractivity contribution in [3.05, 3.63) is 99.5 Å². The maximum Gasteiger partial charge on any atom is 0.0433 e. The Morgan fingerprint density at radius 3 is 1.54 bits per heavy atom. The summed E-state index contributed by atoms with van der Waals surface area (Å²) < 4.78 is 1.20. The minimum atomic E-state index is 0.899. The Morgan fingerprint density at radius 1 is 0.708 bits per heavy atom. The lowest BCUT2D eigenvalue weighted by molar-refractivity contribution is 0.798. The van der Waals surface area contributed by atoms with Crippen LogP contribution in [0.2, 0.25) is 0 Å². The normalized spacial score (nSPS) is 10.6. The summed E-state index contributed by atoms with van der Waals surface area (Å²) in [6, 6.07) is 25.9. The van der Waals surface area contributed by atoms with E-state index in [4.69, 9.17) is 0 Å². The Hall–Kier alpha value is -2.06. The SMILES string of the molecule is Cc1cc(N(Cc2ccccc2)Cc2ccccc2)cc(C)c1Br. The second-order valence-electron chi connectivity index (χ2n) is 6.22. The molecule has 0 amide bonds. The first-order chi connectivity index (χ1) is 11.6. The van der Waals surface area contributed by atoms with Gasteiger partial charge in [-0.15, -0.1) is 0 Å². The molecule has 0 aliphatic rings. The standard InChI is InChI=1S/C22H22BrN/c1-17-13-21(14-18(2)22(17)23)24(15-19-9-5-3-6-10-19)16-20-11-7-4-8-12-20/h3-14H,15-16H2,1-2H3. The molecule has 0 spiro atoms. The Morgan fingerprint density at radius 2 is 1.12 bits per heavy atom. The van der Waals surface area contributed by atoms with Gasteiger partial charge in [-0.05, 0) is 48.2 Å². The highest BCUT2D eigenvalue weighted by Crippen LogP contribution is 2.29. The summed E-state index contributed by atoms with van der Waals surface area (Å²) >= 11 is 3.68. The summed E-state index contributed by atoms with van der Waals surface area (Å²) in [7, 11) is 0. The molecule has 0 saturated heterocycles. The predicted molar refractivity (Wildman–Crippen MR) is 106 cm³/mol. The van der Waals surface area contributed by atoms with Crippen molar-refractivity contribution >= 4 is 21.6 Å². The predicted octanol–water partition coefficient (Wildman–Crippen LogP) is 6.27. The molecule has 3 rings (SSSR count). The maximum absolute atomic E-state index is 3.68. The van der Waals surface area contributed by atoms with E-state index in [0.717, 1.165) is 13.1 Å². The van der Waals surface area contributed by atoms with Crippen LogP contribution in [0.3, 0.4) is 0 Å². The van der Waals surface area contributed by atoms with Crippen molar-refractivity contribution in [3.8, 4) is 0 Å². The third-order valence-electron chi connectivity index (χ3n) is 4.22. The molecule has 1 nitrogen and oxygen atoms in total. The fraction of sp³-hybridized carbons (Fsp3) is 0.182. The summed E-state index contributed by atoms with van der Waals surface area (Å²) in [6.07, 6.45) is 0. The molecule has 0 bridgehead atoms. The van der Waals surface area contributed by atoms with E-state index in [1.165, 1.54) is 32.4 Å². The second kappa shape index (κ2) is 7.67. The van der Waals surface area contributed by atoms with Gasteiger partial charge in [0.25, 0.3) is 0 Å². The summed E-state index contributed by atoms with van der Waals surface area (Å²) in [5.41, 5.74) is 6.46. The first-order valence-electron chi connectivity index (χ1n) is 8.23. The van der Waals surface area contributed by atoms with Crippen LogP contribution in [0.15, 0.2) is 77.3 Å². The topological polar surface area (TPSA) is 3.24 Å². The van der Waals surface area contributed by atoms with Gasteiger partial charge in [-0.2, -0.15) is 0 Å². The summed E-state index contributed by atoms with van der Waals surface area (Å²) in [5.74, 6) is 0. The van der Waals surface area contributed by atoms with Gasteiger partial charge in [-0.25, -0.2) is 0 Å². The van der Waals surface area contributed by atoms with E-state index in [0.29, 0.717) is 0 Å². The molecule has 2 heteroatoms. The molecule has 0 N–H and O–H groups in total. The number of hydrogen-bond acceptors (Lipinski definition) is 1. The van der Waals surface area contributed by atoms with Crippen molar-refractivity contribution < 1.29 is 0 Å². The molecule has 0 radical (unpaired) electrons. The van der Waals surface area contributed by atoms with Crippen LogP contribution >= 0.6 is 15.9 Å². The fourth-order valence-electron chi connectivity index (χ4n) is 2.95. The van der Waals surface area contributed by atoms with Crippen LogP contribution in [0.5, 0.6) is 0 Å². The van der Waals surface area contributed by atoms with Crippen LogP contribution in [-0.4, -0.2) is 0 Å². The Labute approximate surface area is 153 Å². The number of benzene rings is 3. The molecule has 122 valence electrons. The average Bonchev–Trinajstić information content (AvgIpc) is 2.60. The molecule has 0 aromatic heterocycles. The van der Waals surface area contributed by atoms with Gasteiger partial charge in [0.2, 0.25) is 0 Å². The van der Waals surface area contributed by atoms with Gasteiger partial charge in [0.1, 0.15) is 0 Å². The maximum atomic E-state index is 3.68. The van der Waals surface area contributed by atoms with Gasteiger partial charge < -0.3 is 4.90 Å². The van der Waals surface area contributed by atoms with Crippen molar-refractivity contribution in [1.82, 2.24) is 0 Å². The molecule has 0 unspecified atom stereocenters. The lowest BCUT2D eigenvalue weighted by Crippen LogP contribution is -2.22. The van der Waals surface area contributed by atoms with Crippen LogP contribution < -0.4 is 4.90 Å². The number of aryl methyl sites for hydroxylation is 2. The summed E-state index contributed by atoms with van der Waals surface area (Å²) in [6.45, 7) is 6.11. The number of rotatable bonds is 5. The van der Waals surface area contributed by atoms with Crippen LogP contribution in [-0.2, 0) is 13.1 Å². The number of halogens is 1. The molecule has 24 heavy (non-hydrogen) atoms. The highest BCUT2D eigenvalue weighted by atomic mass is 79.9. The minimum absolute atomic E-state index is 0.899. The van der Waals surface area contributed by atoms with Gasteiger partial charge >= 0.3 is 0 Å². The second-order valence-corrected chi connectivity index (χ2v) is 7.01. The van der Waals surface area contributed by atoms with Crippen LogP contribution in [0.4, 0.5) is 5.69 Å². The van der Waals surface area contributed by atoms with Crippen LogP contribution in [0.1, 0.15) is 22.3 Å². The number of nitrogens with zero attached hydrogens (tertiary/aromatic N) is 1. The molecule has 0 fully saturated rings. The molecular weight excluding hydrogens is 358 g/mol. The fourth-order valence-corrected chi connectivity index (χ4v) is 3.18. The Bertz CT molecular complexity index is 732. The van der Waals surface area contributed by atoms with Gasteiger partial charge in [0, 0.05) is 23.2 Å². The third-order valence-corrected chi connectivity index (χ3v) is 5.47. The van der Waals surface area contributed by atoms with Crippen molar-refractivity contribution in [2.75, 3.05) is 4.90 Å². The lowest BCUT2D eigenvalue weighted by atomic mass is 10.1. The zero-order valence-corrected chi connectivity index (χ0v) is 15.8. The number of hydrogen-bond donors (Lipinski definition) is 0. The van der Waals surface area contributed by atoms with E-state index in [9.17, 15) is 0 Å². The molecule has 3 aromatic carbocycles. The summed E-state index contributed by atoms with van der Waals surface area (Å²) in [5, 5.41) is 0. The van der Waals surface area contributed by atoms with E-state index in [1.807, 2.05) is 0 Å². The van der Waals surface area contributed by atoms with Gasteiger partial charge in [0.05, 0.1) is 0 Å². The van der Waals surface area contributed by atoms with Crippen LogP contribution in [0, 0.1) is 13.8 Å². The zero-order valence-electron chi connectivity index (χ0n) is 14.2. The number of anilines is 1. The molecule has 3 aromatic rings. The van der Waals surface area contributed by atoms with Crippen molar-refractivity contribution in [2.24, 2.45) is 0 Å². The molecule has 0 saturated carbocycles. The van der Waals surface area contributed by atoms with Crippen LogP contribution in [0.25, 0.3) is 0 Å². The Balaban J connectivity index is 1.95. The van der Waals surface area contributed by atoms with Crippen molar-refractivity contribution in [2.45, 2.75) is 26.9 Å². The van der Waals surface area contributed by atoms with E-state index in [-0.39, 0.29) is 0 Å². The van der Waals surface area contributed by atoms with Crippen molar-refractivity contribution in [1.29, 1.82) is 0 Å². The first-order valence-corrected chi connectivity index (χ1v) is 9.02. The third kappa shape index (κ3) is 4.07. The zero-order chi connectivity index (χ0) is 16.9. The quantitative estimate of drug-likeness (QED) is 0.504. The highest BCUT2D eigenvalue weighted by molar-refractivity contribution is 9.10. The van der Waals surface area contributed by atoms with E-state index < -0.39 is 0 Å². The average molecular weight is 380 g/mol. The summed E-state index contributed by atoms with van der Waals surface area (Å²) in [4.78, 5) is 2.44. The molecule has 0 aliphatic carbocycles. The molecule has 0 heterocycles. The smallest absolute Gasteiger partial charge is 0.0433 e. The lowest BCUT2D eigenvalue weighted by Gasteiger charge is -2.26. The highest BCUT2D eigenvalue weighted by Gasteiger charge is 2.11.